The van der Waals surface area contributed by atoms with Crippen molar-refractivity contribution >= 4 is 5.91 Å². The molecule has 1 amide bonds. The first-order chi connectivity index (χ1) is 11.1. The maximum atomic E-state index is 12.5. The maximum absolute atomic E-state index is 12.5. The summed E-state index contributed by atoms with van der Waals surface area (Å²) < 4.78 is 1.98. The molecule has 1 N–H and O–H groups in total. The first-order valence-electron chi connectivity index (χ1n) is 8.09. The first kappa shape index (κ1) is 15.5. The molecule has 0 fully saturated rings. The summed E-state index contributed by atoms with van der Waals surface area (Å²) in [5.74, 6) is 2.13. The number of fused-ring (bicyclic) bond motifs is 1. The number of amides is 1. The zero-order valence-electron chi connectivity index (χ0n) is 13.6. The Bertz CT molecular complexity index is 693. The SMILES string of the molecule is CCCN1Cc2nnc(CCc3ccc(O)cc3)n2[C@@H](C)C1=O. The summed E-state index contributed by atoms with van der Waals surface area (Å²) in [6.07, 6.45) is 2.47. The predicted octanol–water partition coefficient (Wildman–Crippen LogP) is 2.08. The van der Waals surface area contributed by atoms with Crippen LogP contribution in [-0.4, -0.2) is 37.2 Å². The smallest absolute Gasteiger partial charge is 0.245 e. The van der Waals surface area contributed by atoms with Crippen molar-refractivity contribution in [2.24, 2.45) is 0 Å². The second-order valence-electron chi connectivity index (χ2n) is 6.00. The number of hydrogen-bond donors (Lipinski definition) is 1. The monoisotopic (exact) mass is 314 g/mol. The van der Waals surface area contributed by atoms with Gasteiger partial charge in [0, 0.05) is 13.0 Å². The van der Waals surface area contributed by atoms with Gasteiger partial charge in [-0.05, 0) is 37.5 Å². The van der Waals surface area contributed by atoms with Crippen LogP contribution in [0.4, 0.5) is 0 Å². The standard InChI is InChI=1S/C17H22N4O2/c1-3-10-20-11-16-19-18-15(21(16)12(2)17(20)23)9-6-13-4-7-14(22)8-5-13/h4-5,7-8,12,22H,3,6,9-11H2,1-2H3/t12-/m0/s1. The van der Waals surface area contributed by atoms with Gasteiger partial charge >= 0.3 is 0 Å². The number of nitrogens with zero attached hydrogens (tertiary/aromatic N) is 4. The van der Waals surface area contributed by atoms with Crippen molar-refractivity contribution in [2.75, 3.05) is 6.54 Å². The largest absolute Gasteiger partial charge is 0.508 e. The number of carbonyl (C=O) groups excluding carboxylic acids is 1. The minimum Gasteiger partial charge on any atom is -0.508 e. The van der Waals surface area contributed by atoms with Crippen LogP contribution < -0.4 is 0 Å². The highest BCUT2D eigenvalue weighted by Crippen LogP contribution is 2.23. The lowest BCUT2D eigenvalue weighted by Gasteiger charge is -2.31. The highest BCUT2D eigenvalue weighted by atomic mass is 16.3. The van der Waals surface area contributed by atoms with Crippen LogP contribution in [0.5, 0.6) is 5.75 Å². The second-order valence-corrected chi connectivity index (χ2v) is 6.00. The molecule has 3 rings (SSSR count). The summed E-state index contributed by atoms with van der Waals surface area (Å²) in [5.41, 5.74) is 1.13. The Morgan fingerprint density at radius 2 is 1.96 bits per heavy atom. The zero-order valence-corrected chi connectivity index (χ0v) is 13.6. The molecule has 0 spiro atoms. The fraction of sp³-hybridized carbons (Fsp3) is 0.471. The summed E-state index contributed by atoms with van der Waals surface area (Å²) in [7, 11) is 0. The van der Waals surface area contributed by atoms with E-state index in [1.54, 1.807) is 12.1 Å². The van der Waals surface area contributed by atoms with Crippen molar-refractivity contribution < 1.29 is 9.90 Å². The third kappa shape index (κ3) is 3.06. The molecular weight excluding hydrogens is 292 g/mol. The molecule has 1 aliphatic rings. The maximum Gasteiger partial charge on any atom is 0.245 e. The van der Waals surface area contributed by atoms with Gasteiger partial charge in [-0.3, -0.25) is 4.79 Å². The van der Waals surface area contributed by atoms with Crippen molar-refractivity contribution in [3.63, 3.8) is 0 Å². The number of aryl methyl sites for hydroxylation is 2. The summed E-state index contributed by atoms with van der Waals surface area (Å²) in [4.78, 5) is 14.3. The highest BCUT2D eigenvalue weighted by Gasteiger charge is 2.32. The number of benzene rings is 1. The molecule has 122 valence electrons. The summed E-state index contributed by atoms with van der Waals surface area (Å²) in [6, 6.07) is 6.93. The van der Waals surface area contributed by atoms with Crippen molar-refractivity contribution in [3.8, 4) is 5.75 Å². The van der Waals surface area contributed by atoms with Crippen molar-refractivity contribution in [2.45, 2.75) is 45.7 Å². The number of aromatic nitrogens is 3. The topological polar surface area (TPSA) is 71.2 Å². The van der Waals surface area contributed by atoms with Gasteiger partial charge in [-0.15, -0.1) is 10.2 Å². The van der Waals surface area contributed by atoms with Crippen molar-refractivity contribution in [1.82, 2.24) is 19.7 Å². The minimum atomic E-state index is -0.241. The van der Waals surface area contributed by atoms with E-state index in [9.17, 15) is 9.90 Å². The van der Waals surface area contributed by atoms with E-state index in [0.29, 0.717) is 6.54 Å². The van der Waals surface area contributed by atoms with Gasteiger partial charge in [0.15, 0.2) is 5.82 Å². The average molecular weight is 314 g/mol. The van der Waals surface area contributed by atoms with E-state index in [4.69, 9.17) is 0 Å². The lowest BCUT2D eigenvalue weighted by Crippen LogP contribution is -2.42. The van der Waals surface area contributed by atoms with E-state index >= 15 is 0 Å². The molecule has 1 aliphatic heterocycles. The number of phenolic OH excluding ortho intramolecular Hbond substituents is 1. The molecule has 1 aromatic heterocycles. The molecular formula is C17H22N4O2. The third-order valence-electron chi connectivity index (χ3n) is 4.29. The quantitative estimate of drug-likeness (QED) is 0.917. The number of aromatic hydroxyl groups is 1. The van der Waals surface area contributed by atoms with E-state index in [2.05, 4.69) is 17.1 Å². The van der Waals surface area contributed by atoms with Crippen LogP contribution in [-0.2, 0) is 24.2 Å². The number of hydrogen-bond acceptors (Lipinski definition) is 4. The van der Waals surface area contributed by atoms with Gasteiger partial charge in [-0.2, -0.15) is 0 Å². The molecule has 1 aromatic carbocycles. The third-order valence-corrected chi connectivity index (χ3v) is 4.29. The summed E-state index contributed by atoms with van der Waals surface area (Å²) in [6.45, 7) is 5.30. The van der Waals surface area contributed by atoms with Gasteiger partial charge in [0.2, 0.25) is 5.91 Å². The molecule has 23 heavy (non-hydrogen) atoms. The summed E-state index contributed by atoms with van der Waals surface area (Å²) in [5, 5.41) is 17.9. The highest BCUT2D eigenvalue weighted by molar-refractivity contribution is 5.81. The molecule has 0 radical (unpaired) electrons. The second kappa shape index (κ2) is 6.40. The van der Waals surface area contributed by atoms with Crippen LogP contribution in [0.15, 0.2) is 24.3 Å². The Labute approximate surface area is 135 Å². The molecule has 2 heterocycles. The van der Waals surface area contributed by atoms with Gasteiger partial charge in [0.25, 0.3) is 0 Å². The number of carbonyl (C=O) groups is 1. The normalized spacial score (nSPS) is 17.4. The van der Waals surface area contributed by atoms with Crippen LogP contribution in [0.25, 0.3) is 0 Å². The van der Waals surface area contributed by atoms with E-state index in [0.717, 1.165) is 43.0 Å². The Kier molecular flexibility index (Phi) is 4.32. The van der Waals surface area contributed by atoms with Crippen LogP contribution in [0.3, 0.4) is 0 Å². The van der Waals surface area contributed by atoms with E-state index < -0.39 is 0 Å². The lowest BCUT2D eigenvalue weighted by molar-refractivity contribution is -0.137. The first-order valence-corrected chi connectivity index (χ1v) is 8.09. The Morgan fingerprint density at radius 3 is 2.65 bits per heavy atom. The molecule has 1 atom stereocenters. The molecule has 6 nitrogen and oxygen atoms in total. The van der Waals surface area contributed by atoms with Gasteiger partial charge in [0.1, 0.15) is 17.6 Å². The molecule has 0 saturated carbocycles. The minimum absolute atomic E-state index is 0.144. The molecule has 2 aromatic rings. The van der Waals surface area contributed by atoms with Gasteiger partial charge in [-0.25, -0.2) is 0 Å². The molecule has 0 unspecified atom stereocenters. The fourth-order valence-electron chi connectivity index (χ4n) is 3.09. The van der Waals surface area contributed by atoms with E-state index in [1.807, 2.05) is 28.5 Å². The number of phenols is 1. The molecule has 0 bridgehead atoms. The lowest BCUT2D eigenvalue weighted by atomic mass is 10.1. The van der Waals surface area contributed by atoms with E-state index in [1.165, 1.54) is 0 Å². The van der Waals surface area contributed by atoms with Crippen molar-refractivity contribution in [1.29, 1.82) is 0 Å². The van der Waals surface area contributed by atoms with Gasteiger partial charge in [0.05, 0.1) is 6.54 Å². The molecule has 0 aliphatic carbocycles. The van der Waals surface area contributed by atoms with Crippen LogP contribution in [0.2, 0.25) is 0 Å². The van der Waals surface area contributed by atoms with Crippen LogP contribution >= 0.6 is 0 Å². The fourth-order valence-corrected chi connectivity index (χ4v) is 3.09. The van der Waals surface area contributed by atoms with Gasteiger partial charge < -0.3 is 14.6 Å². The number of rotatable bonds is 5. The van der Waals surface area contributed by atoms with Crippen LogP contribution in [0.1, 0.15) is 43.5 Å². The van der Waals surface area contributed by atoms with Crippen molar-refractivity contribution in [3.05, 3.63) is 41.5 Å². The molecule has 0 saturated heterocycles. The molecule has 6 heteroatoms. The Hall–Kier alpha value is -2.37. The Morgan fingerprint density at radius 1 is 1.22 bits per heavy atom. The zero-order chi connectivity index (χ0) is 16.4. The van der Waals surface area contributed by atoms with E-state index in [-0.39, 0.29) is 17.7 Å². The average Bonchev–Trinajstić information content (AvgIpc) is 2.95. The van der Waals surface area contributed by atoms with Gasteiger partial charge in [-0.1, -0.05) is 19.1 Å². The summed E-state index contributed by atoms with van der Waals surface area (Å²) >= 11 is 0. The predicted molar refractivity (Wildman–Crippen MR) is 86.0 cm³/mol. The Balaban J connectivity index is 1.76. The van der Waals surface area contributed by atoms with Crippen LogP contribution in [0, 0.1) is 0 Å².